The molecule has 0 saturated carbocycles. The van der Waals surface area contributed by atoms with Gasteiger partial charge in [0.2, 0.25) is 0 Å². The van der Waals surface area contributed by atoms with Crippen molar-refractivity contribution in [2.24, 2.45) is 0 Å². The summed E-state index contributed by atoms with van der Waals surface area (Å²) in [6.07, 6.45) is 2.46. The molecule has 1 aliphatic rings. The van der Waals surface area contributed by atoms with Crippen LogP contribution in [0.15, 0.2) is 23.3 Å². The first-order chi connectivity index (χ1) is 10.1. The van der Waals surface area contributed by atoms with Crippen molar-refractivity contribution in [2.75, 3.05) is 6.54 Å². The van der Waals surface area contributed by atoms with E-state index in [1.165, 1.54) is 22.3 Å². The molecule has 2 heterocycles. The summed E-state index contributed by atoms with van der Waals surface area (Å²) in [4.78, 5) is 17.1. The van der Waals surface area contributed by atoms with Gasteiger partial charge in [-0.2, -0.15) is 0 Å². The van der Waals surface area contributed by atoms with Crippen LogP contribution >= 0.6 is 0 Å². The Morgan fingerprint density at radius 2 is 1.95 bits per heavy atom. The van der Waals surface area contributed by atoms with E-state index in [-0.39, 0.29) is 5.56 Å². The molecule has 1 aromatic heterocycles. The fraction of sp³-hybridized carbons (Fsp3) is 0.412. The van der Waals surface area contributed by atoms with E-state index in [0.29, 0.717) is 13.1 Å². The molecule has 2 aromatic rings. The van der Waals surface area contributed by atoms with Gasteiger partial charge in [0.05, 0.1) is 18.6 Å². The van der Waals surface area contributed by atoms with E-state index in [1.54, 1.807) is 10.9 Å². The van der Waals surface area contributed by atoms with Crippen molar-refractivity contribution in [1.29, 1.82) is 0 Å². The van der Waals surface area contributed by atoms with E-state index >= 15 is 0 Å². The number of rotatable bonds is 2. The van der Waals surface area contributed by atoms with Crippen LogP contribution in [0.3, 0.4) is 0 Å². The van der Waals surface area contributed by atoms with E-state index < -0.39 is 0 Å². The highest BCUT2D eigenvalue weighted by molar-refractivity contribution is 5.37. The highest BCUT2D eigenvalue weighted by Crippen LogP contribution is 2.17. The minimum atomic E-state index is 0.112. The van der Waals surface area contributed by atoms with Crippen molar-refractivity contribution in [1.82, 2.24) is 14.9 Å². The number of hydrogen-bond acceptors (Lipinski definition) is 3. The SMILES string of the molecule is Cc1cc(C)c(Cn2cnc3c(c2=O)CCNC3)c(C)c1. The van der Waals surface area contributed by atoms with Gasteiger partial charge >= 0.3 is 0 Å². The summed E-state index contributed by atoms with van der Waals surface area (Å²) in [6, 6.07) is 4.34. The van der Waals surface area contributed by atoms with Crippen molar-refractivity contribution in [3.63, 3.8) is 0 Å². The first-order valence-electron chi connectivity index (χ1n) is 7.41. The van der Waals surface area contributed by atoms with Gasteiger partial charge in [0.1, 0.15) is 0 Å². The molecule has 1 N–H and O–H groups in total. The average molecular weight is 283 g/mol. The molecule has 0 aliphatic carbocycles. The molecule has 0 amide bonds. The molecule has 3 rings (SSSR count). The molecule has 0 bridgehead atoms. The van der Waals surface area contributed by atoms with Gasteiger partial charge in [-0.05, 0) is 50.4 Å². The number of aromatic nitrogens is 2. The third-order valence-electron chi connectivity index (χ3n) is 4.23. The number of nitrogens with zero attached hydrogens (tertiary/aromatic N) is 2. The van der Waals surface area contributed by atoms with E-state index in [4.69, 9.17) is 0 Å². The standard InChI is InChI=1S/C17H21N3O/c1-11-6-12(2)15(13(3)7-11)9-20-10-19-16-8-18-5-4-14(16)17(20)21/h6-7,10,18H,4-5,8-9H2,1-3H3. The lowest BCUT2D eigenvalue weighted by Gasteiger charge is -2.18. The maximum atomic E-state index is 12.6. The summed E-state index contributed by atoms with van der Waals surface area (Å²) in [5.74, 6) is 0. The van der Waals surface area contributed by atoms with Crippen molar-refractivity contribution in [3.05, 3.63) is 62.3 Å². The largest absolute Gasteiger partial charge is 0.311 e. The average Bonchev–Trinajstić information content (AvgIpc) is 2.45. The zero-order chi connectivity index (χ0) is 15.0. The van der Waals surface area contributed by atoms with Crippen molar-refractivity contribution in [2.45, 2.75) is 40.3 Å². The lowest BCUT2D eigenvalue weighted by molar-refractivity contribution is 0.595. The van der Waals surface area contributed by atoms with Crippen LogP contribution in [0.25, 0.3) is 0 Å². The topological polar surface area (TPSA) is 46.9 Å². The van der Waals surface area contributed by atoms with E-state index in [1.807, 2.05) is 0 Å². The Labute approximate surface area is 124 Å². The lowest BCUT2D eigenvalue weighted by atomic mass is 9.99. The Morgan fingerprint density at radius 3 is 2.67 bits per heavy atom. The molecular weight excluding hydrogens is 262 g/mol. The molecule has 0 radical (unpaired) electrons. The van der Waals surface area contributed by atoms with Crippen LogP contribution < -0.4 is 10.9 Å². The fourth-order valence-electron chi connectivity index (χ4n) is 3.13. The number of benzene rings is 1. The highest BCUT2D eigenvalue weighted by Gasteiger charge is 2.16. The van der Waals surface area contributed by atoms with Gasteiger partial charge in [-0.25, -0.2) is 4.98 Å². The molecule has 0 atom stereocenters. The smallest absolute Gasteiger partial charge is 0.257 e. The minimum Gasteiger partial charge on any atom is -0.311 e. The third kappa shape index (κ3) is 2.63. The lowest BCUT2D eigenvalue weighted by Crippen LogP contribution is -2.34. The van der Waals surface area contributed by atoms with E-state index in [9.17, 15) is 4.79 Å². The maximum absolute atomic E-state index is 12.6. The second kappa shape index (κ2) is 5.45. The Hall–Kier alpha value is -1.94. The Morgan fingerprint density at radius 1 is 1.24 bits per heavy atom. The van der Waals surface area contributed by atoms with E-state index in [0.717, 1.165) is 24.2 Å². The van der Waals surface area contributed by atoms with Gasteiger partial charge in [0, 0.05) is 12.1 Å². The summed E-state index contributed by atoms with van der Waals surface area (Å²) >= 11 is 0. The molecule has 4 heteroatoms. The molecule has 110 valence electrons. The van der Waals surface area contributed by atoms with Crippen LogP contribution in [-0.2, 0) is 19.5 Å². The van der Waals surface area contributed by atoms with Crippen LogP contribution in [0.5, 0.6) is 0 Å². The van der Waals surface area contributed by atoms with E-state index in [2.05, 4.69) is 43.2 Å². The molecular formula is C17H21N3O. The van der Waals surface area contributed by atoms with Gasteiger partial charge in [-0.3, -0.25) is 9.36 Å². The summed E-state index contributed by atoms with van der Waals surface area (Å²) in [6.45, 7) is 8.48. The van der Waals surface area contributed by atoms with Gasteiger partial charge in [0.25, 0.3) is 5.56 Å². The second-order valence-corrected chi connectivity index (χ2v) is 5.91. The second-order valence-electron chi connectivity index (χ2n) is 5.91. The third-order valence-corrected chi connectivity index (χ3v) is 4.23. The number of aryl methyl sites for hydroxylation is 3. The van der Waals surface area contributed by atoms with Crippen LogP contribution in [-0.4, -0.2) is 16.1 Å². The fourth-order valence-corrected chi connectivity index (χ4v) is 3.13. The monoisotopic (exact) mass is 283 g/mol. The molecule has 21 heavy (non-hydrogen) atoms. The highest BCUT2D eigenvalue weighted by atomic mass is 16.1. The minimum absolute atomic E-state index is 0.112. The van der Waals surface area contributed by atoms with Gasteiger partial charge in [-0.1, -0.05) is 17.7 Å². The van der Waals surface area contributed by atoms with Crippen LogP contribution in [0.4, 0.5) is 0 Å². The zero-order valence-corrected chi connectivity index (χ0v) is 12.9. The molecule has 0 unspecified atom stereocenters. The molecule has 4 nitrogen and oxygen atoms in total. The number of hydrogen-bond donors (Lipinski definition) is 1. The quantitative estimate of drug-likeness (QED) is 0.915. The summed E-state index contributed by atoms with van der Waals surface area (Å²) in [7, 11) is 0. The first-order valence-corrected chi connectivity index (χ1v) is 7.41. The van der Waals surface area contributed by atoms with Crippen LogP contribution in [0.2, 0.25) is 0 Å². The predicted molar refractivity (Wildman–Crippen MR) is 83.7 cm³/mol. The molecule has 1 aliphatic heterocycles. The summed E-state index contributed by atoms with van der Waals surface area (Å²) in [5, 5.41) is 3.25. The van der Waals surface area contributed by atoms with Crippen molar-refractivity contribution < 1.29 is 0 Å². The Bertz CT molecular complexity index is 723. The molecule has 0 saturated heterocycles. The van der Waals surface area contributed by atoms with Gasteiger partial charge in [0.15, 0.2) is 0 Å². The first kappa shape index (κ1) is 14.0. The molecule has 0 spiro atoms. The predicted octanol–water partition coefficient (Wildman–Crippen LogP) is 1.86. The summed E-state index contributed by atoms with van der Waals surface area (Å²) in [5.41, 5.74) is 6.84. The Kier molecular flexibility index (Phi) is 3.64. The van der Waals surface area contributed by atoms with Crippen LogP contribution in [0, 0.1) is 20.8 Å². The summed E-state index contributed by atoms with van der Waals surface area (Å²) < 4.78 is 1.74. The molecule has 0 fully saturated rings. The van der Waals surface area contributed by atoms with Crippen molar-refractivity contribution in [3.8, 4) is 0 Å². The normalized spacial score (nSPS) is 14.0. The maximum Gasteiger partial charge on any atom is 0.257 e. The van der Waals surface area contributed by atoms with Gasteiger partial charge < -0.3 is 5.32 Å². The van der Waals surface area contributed by atoms with Crippen molar-refractivity contribution >= 4 is 0 Å². The van der Waals surface area contributed by atoms with Crippen LogP contribution in [0.1, 0.15) is 33.5 Å². The van der Waals surface area contributed by atoms with Gasteiger partial charge in [-0.15, -0.1) is 0 Å². The Balaban J connectivity index is 2.02. The number of nitrogens with one attached hydrogen (secondary N) is 1. The molecule has 1 aromatic carbocycles. The zero-order valence-electron chi connectivity index (χ0n) is 12.9. The number of fused-ring (bicyclic) bond motifs is 1.